The number of hydrogen-bond acceptors (Lipinski definition) is 6. The summed E-state index contributed by atoms with van der Waals surface area (Å²) >= 11 is 0. The topological polar surface area (TPSA) is 85.2 Å². The smallest absolute Gasteiger partial charge is 0.259 e. The van der Waals surface area contributed by atoms with Crippen LogP contribution in [0.1, 0.15) is 40.3 Å². The Morgan fingerprint density at radius 2 is 2.04 bits per heavy atom. The Balaban J connectivity index is 1.88. The average Bonchev–Trinajstić information content (AvgIpc) is 3.20. The maximum Gasteiger partial charge on any atom is 0.259 e. The molecule has 0 aromatic carbocycles. The highest BCUT2D eigenvalue weighted by atomic mass is 16.5. The molecule has 0 radical (unpaired) electrons. The van der Waals surface area contributed by atoms with Crippen LogP contribution in [0, 0.1) is 13.8 Å². The van der Waals surface area contributed by atoms with E-state index in [1.807, 2.05) is 20.9 Å². The number of amides is 1. The summed E-state index contributed by atoms with van der Waals surface area (Å²) in [5, 5.41) is 7.25. The van der Waals surface area contributed by atoms with Crippen molar-refractivity contribution in [2.75, 3.05) is 30.4 Å². The van der Waals surface area contributed by atoms with E-state index in [9.17, 15) is 4.79 Å². The van der Waals surface area contributed by atoms with Gasteiger partial charge in [-0.2, -0.15) is 5.10 Å². The van der Waals surface area contributed by atoms with Crippen molar-refractivity contribution in [1.29, 1.82) is 0 Å². The number of nitrogens with one attached hydrogen (secondary N) is 1. The zero-order valence-corrected chi connectivity index (χ0v) is 15.2. The van der Waals surface area contributed by atoms with Gasteiger partial charge in [-0.25, -0.2) is 9.97 Å². The Hall–Kier alpha value is -2.48. The number of anilines is 2. The first-order valence-corrected chi connectivity index (χ1v) is 8.42. The van der Waals surface area contributed by atoms with Crippen LogP contribution in [0.25, 0.3) is 0 Å². The van der Waals surface area contributed by atoms with E-state index < -0.39 is 0 Å². The summed E-state index contributed by atoms with van der Waals surface area (Å²) in [4.78, 5) is 23.9. The molecule has 1 amide bonds. The lowest BCUT2D eigenvalue weighted by atomic mass is 10.2. The minimum absolute atomic E-state index is 0.251. The number of methoxy groups -OCH3 is 1. The molecule has 0 aliphatic carbocycles. The van der Waals surface area contributed by atoms with Crippen molar-refractivity contribution in [2.24, 2.45) is 7.05 Å². The lowest BCUT2D eigenvalue weighted by molar-refractivity contribution is 0.102. The monoisotopic (exact) mass is 344 g/mol. The molecule has 1 saturated heterocycles. The van der Waals surface area contributed by atoms with Crippen LogP contribution < -0.4 is 10.2 Å². The molecule has 2 aromatic rings. The zero-order chi connectivity index (χ0) is 18.0. The van der Waals surface area contributed by atoms with Gasteiger partial charge in [0.25, 0.3) is 5.91 Å². The molecule has 0 unspecified atom stereocenters. The molecule has 2 aromatic heterocycles. The van der Waals surface area contributed by atoms with Crippen LogP contribution in [0.15, 0.2) is 6.20 Å². The molecule has 8 heteroatoms. The molecule has 0 atom stereocenters. The fourth-order valence-corrected chi connectivity index (χ4v) is 3.05. The van der Waals surface area contributed by atoms with E-state index >= 15 is 0 Å². The lowest BCUT2D eigenvalue weighted by Crippen LogP contribution is -2.23. The second kappa shape index (κ2) is 7.18. The first-order chi connectivity index (χ1) is 12.0. The highest BCUT2D eigenvalue weighted by molar-refractivity contribution is 6.05. The van der Waals surface area contributed by atoms with E-state index in [0.717, 1.165) is 43.0 Å². The van der Waals surface area contributed by atoms with Crippen LogP contribution in [-0.4, -0.2) is 45.9 Å². The Bertz CT molecular complexity index is 780. The standard InChI is InChI=1S/C17H24N6O2/c1-11-15(12(2)22(3)21-11)20-16(24)13-9-18-17(19-14(13)10-25-4)23-7-5-6-8-23/h9H,5-8,10H2,1-4H3,(H,20,24). The highest BCUT2D eigenvalue weighted by Crippen LogP contribution is 2.21. The van der Waals surface area contributed by atoms with E-state index in [2.05, 4.69) is 25.3 Å². The molecule has 0 spiro atoms. The summed E-state index contributed by atoms with van der Waals surface area (Å²) in [5.74, 6) is 0.411. The Morgan fingerprint density at radius 1 is 1.32 bits per heavy atom. The molecule has 1 fully saturated rings. The summed E-state index contributed by atoms with van der Waals surface area (Å²) < 4.78 is 6.98. The van der Waals surface area contributed by atoms with Gasteiger partial charge in [-0.05, 0) is 26.7 Å². The summed E-state index contributed by atoms with van der Waals surface area (Å²) in [5.41, 5.74) is 3.41. The third-order valence-electron chi connectivity index (χ3n) is 4.52. The molecule has 0 saturated carbocycles. The van der Waals surface area contributed by atoms with Crippen LogP contribution in [0.5, 0.6) is 0 Å². The Kier molecular flexibility index (Phi) is 4.98. The lowest BCUT2D eigenvalue weighted by Gasteiger charge is -2.17. The molecular weight excluding hydrogens is 320 g/mol. The molecule has 25 heavy (non-hydrogen) atoms. The van der Waals surface area contributed by atoms with Gasteiger partial charge in [0.1, 0.15) is 0 Å². The third kappa shape index (κ3) is 3.48. The number of ether oxygens (including phenoxy) is 1. The summed E-state index contributed by atoms with van der Waals surface area (Å²) in [6.07, 6.45) is 3.88. The number of carbonyl (C=O) groups is 1. The minimum Gasteiger partial charge on any atom is -0.378 e. The summed E-state index contributed by atoms with van der Waals surface area (Å²) in [7, 11) is 3.44. The largest absolute Gasteiger partial charge is 0.378 e. The normalized spacial score (nSPS) is 14.2. The van der Waals surface area contributed by atoms with Crippen molar-refractivity contribution in [3.05, 3.63) is 28.8 Å². The highest BCUT2D eigenvalue weighted by Gasteiger charge is 2.21. The van der Waals surface area contributed by atoms with Gasteiger partial charge in [0, 0.05) is 33.4 Å². The van der Waals surface area contributed by atoms with Gasteiger partial charge in [-0.1, -0.05) is 0 Å². The Labute approximate surface area is 147 Å². The second-order valence-corrected chi connectivity index (χ2v) is 6.28. The number of aryl methyl sites for hydroxylation is 2. The van der Waals surface area contributed by atoms with Crippen LogP contribution in [0.2, 0.25) is 0 Å². The van der Waals surface area contributed by atoms with Crippen LogP contribution in [0.3, 0.4) is 0 Å². The molecular formula is C17H24N6O2. The molecule has 1 N–H and O–H groups in total. The van der Waals surface area contributed by atoms with E-state index in [0.29, 0.717) is 17.2 Å². The Morgan fingerprint density at radius 3 is 2.64 bits per heavy atom. The van der Waals surface area contributed by atoms with Crippen molar-refractivity contribution >= 4 is 17.5 Å². The van der Waals surface area contributed by atoms with Crippen LogP contribution in [0.4, 0.5) is 11.6 Å². The molecule has 134 valence electrons. The molecule has 1 aliphatic rings. The fraction of sp³-hybridized carbons (Fsp3) is 0.529. The van der Waals surface area contributed by atoms with Crippen molar-refractivity contribution in [3.63, 3.8) is 0 Å². The summed E-state index contributed by atoms with van der Waals surface area (Å²) in [6.45, 7) is 5.94. The minimum atomic E-state index is -0.251. The SMILES string of the molecule is COCc1nc(N2CCCC2)ncc1C(=O)Nc1c(C)nn(C)c1C. The predicted octanol–water partition coefficient (Wildman–Crippen LogP) is 1.83. The maximum atomic E-state index is 12.8. The van der Waals surface area contributed by atoms with Crippen molar-refractivity contribution in [3.8, 4) is 0 Å². The molecule has 1 aliphatic heterocycles. The van der Waals surface area contributed by atoms with Gasteiger partial charge < -0.3 is 15.0 Å². The van der Waals surface area contributed by atoms with Crippen molar-refractivity contribution in [2.45, 2.75) is 33.3 Å². The quantitative estimate of drug-likeness (QED) is 0.891. The molecule has 3 heterocycles. The van der Waals surface area contributed by atoms with Gasteiger partial charge in [-0.15, -0.1) is 0 Å². The maximum absolute atomic E-state index is 12.8. The molecule has 3 rings (SSSR count). The van der Waals surface area contributed by atoms with Crippen molar-refractivity contribution < 1.29 is 9.53 Å². The van der Waals surface area contributed by atoms with Crippen LogP contribution >= 0.6 is 0 Å². The number of hydrogen-bond donors (Lipinski definition) is 1. The molecule has 0 bridgehead atoms. The van der Waals surface area contributed by atoms with Gasteiger partial charge in [-0.3, -0.25) is 9.48 Å². The molecule has 8 nitrogen and oxygen atoms in total. The van der Waals surface area contributed by atoms with Gasteiger partial charge >= 0.3 is 0 Å². The second-order valence-electron chi connectivity index (χ2n) is 6.28. The van der Waals surface area contributed by atoms with E-state index in [1.165, 1.54) is 0 Å². The van der Waals surface area contributed by atoms with Crippen molar-refractivity contribution in [1.82, 2.24) is 19.7 Å². The number of aromatic nitrogens is 4. The van der Waals surface area contributed by atoms with E-state index in [4.69, 9.17) is 4.74 Å². The number of rotatable bonds is 5. The third-order valence-corrected chi connectivity index (χ3v) is 4.52. The van der Waals surface area contributed by atoms with Gasteiger partial charge in [0.2, 0.25) is 5.95 Å². The van der Waals surface area contributed by atoms with E-state index in [-0.39, 0.29) is 12.5 Å². The summed E-state index contributed by atoms with van der Waals surface area (Å²) in [6, 6.07) is 0. The number of carbonyl (C=O) groups excluding carboxylic acids is 1. The van der Waals surface area contributed by atoms with Gasteiger partial charge in [0.05, 0.1) is 34.9 Å². The van der Waals surface area contributed by atoms with E-state index in [1.54, 1.807) is 18.0 Å². The predicted molar refractivity (Wildman–Crippen MR) is 94.8 cm³/mol. The van der Waals surface area contributed by atoms with Gasteiger partial charge in [0.15, 0.2) is 0 Å². The zero-order valence-electron chi connectivity index (χ0n) is 15.2. The first-order valence-electron chi connectivity index (χ1n) is 8.42. The number of nitrogens with zero attached hydrogens (tertiary/aromatic N) is 5. The fourth-order valence-electron chi connectivity index (χ4n) is 3.05. The first kappa shape index (κ1) is 17.3. The van der Waals surface area contributed by atoms with Crippen LogP contribution in [-0.2, 0) is 18.4 Å². The average molecular weight is 344 g/mol.